The van der Waals surface area contributed by atoms with Gasteiger partial charge in [0.2, 0.25) is 0 Å². The fourth-order valence-corrected chi connectivity index (χ4v) is 1.82. The standard InChI is InChI=1S/C11H12Cl3NO2/c12-6-9(14)10(7-13)17-11(16)15-8-4-2-1-3-5-8/h1-5,9-10H,6-7H2,(H,15,16)/t9-,10+/m1/s1. The van der Waals surface area contributed by atoms with E-state index in [4.69, 9.17) is 39.5 Å². The maximum atomic E-state index is 11.5. The zero-order valence-electron chi connectivity index (χ0n) is 8.91. The molecule has 0 aliphatic heterocycles. The van der Waals surface area contributed by atoms with E-state index in [9.17, 15) is 4.79 Å². The number of hydrogen-bond donors (Lipinski definition) is 1. The monoisotopic (exact) mass is 295 g/mol. The van der Waals surface area contributed by atoms with E-state index >= 15 is 0 Å². The third-order valence-corrected chi connectivity index (χ3v) is 3.21. The molecule has 0 aromatic heterocycles. The number of rotatable bonds is 5. The van der Waals surface area contributed by atoms with Crippen molar-refractivity contribution in [2.75, 3.05) is 17.1 Å². The molecular formula is C11H12Cl3NO2. The Morgan fingerprint density at radius 2 is 1.88 bits per heavy atom. The first kappa shape index (κ1) is 14.4. The van der Waals surface area contributed by atoms with Gasteiger partial charge in [-0.15, -0.1) is 34.8 Å². The summed E-state index contributed by atoms with van der Waals surface area (Å²) < 4.78 is 5.06. The smallest absolute Gasteiger partial charge is 0.411 e. The predicted molar refractivity (Wildman–Crippen MR) is 71.4 cm³/mol. The van der Waals surface area contributed by atoms with Crippen molar-refractivity contribution in [3.8, 4) is 0 Å². The summed E-state index contributed by atoms with van der Waals surface area (Å²) in [5.74, 6) is 0.265. The SMILES string of the molecule is O=C(Nc1ccccc1)O[C@@H](CCl)[C@H](Cl)CCl. The molecule has 1 aromatic rings. The minimum atomic E-state index is -0.612. The lowest BCUT2D eigenvalue weighted by molar-refractivity contribution is 0.122. The summed E-state index contributed by atoms with van der Waals surface area (Å²) in [5, 5.41) is 2.06. The normalized spacial score (nSPS) is 13.8. The maximum Gasteiger partial charge on any atom is 0.411 e. The van der Waals surface area contributed by atoms with Crippen LogP contribution in [0.15, 0.2) is 30.3 Å². The lowest BCUT2D eigenvalue weighted by Gasteiger charge is -2.18. The van der Waals surface area contributed by atoms with Gasteiger partial charge in [-0.05, 0) is 12.1 Å². The van der Waals surface area contributed by atoms with Crippen molar-refractivity contribution in [3.05, 3.63) is 30.3 Å². The second-order valence-corrected chi connectivity index (χ2v) is 4.44. The molecule has 1 amide bonds. The minimum absolute atomic E-state index is 0.100. The number of anilines is 1. The number of halogens is 3. The van der Waals surface area contributed by atoms with Gasteiger partial charge in [-0.1, -0.05) is 18.2 Å². The first-order valence-corrected chi connectivity index (χ1v) is 6.46. The average molecular weight is 297 g/mol. The first-order valence-electron chi connectivity index (χ1n) is 4.96. The number of nitrogens with one attached hydrogen (secondary N) is 1. The van der Waals surface area contributed by atoms with Crippen LogP contribution in [0.2, 0.25) is 0 Å². The Bertz CT molecular complexity index is 348. The topological polar surface area (TPSA) is 38.3 Å². The molecule has 0 saturated heterocycles. The highest BCUT2D eigenvalue weighted by Crippen LogP contribution is 2.13. The average Bonchev–Trinajstić information content (AvgIpc) is 2.36. The van der Waals surface area contributed by atoms with Gasteiger partial charge in [0.15, 0.2) is 0 Å². The molecule has 0 radical (unpaired) electrons. The van der Waals surface area contributed by atoms with E-state index in [-0.39, 0.29) is 11.8 Å². The van der Waals surface area contributed by atoms with Gasteiger partial charge in [0.25, 0.3) is 0 Å². The van der Waals surface area contributed by atoms with Crippen LogP contribution in [-0.2, 0) is 4.74 Å². The number of benzene rings is 1. The number of ether oxygens (including phenoxy) is 1. The Morgan fingerprint density at radius 1 is 1.24 bits per heavy atom. The van der Waals surface area contributed by atoms with E-state index < -0.39 is 17.6 Å². The molecule has 0 spiro atoms. The molecule has 0 aliphatic rings. The van der Waals surface area contributed by atoms with Crippen LogP contribution in [0.5, 0.6) is 0 Å². The Morgan fingerprint density at radius 3 is 2.41 bits per heavy atom. The Labute approximate surface area is 115 Å². The van der Waals surface area contributed by atoms with Crippen LogP contribution in [0.25, 0.3) is 0 Å². The molecule has 1 N–H and O–H groups in total. The number of carbonyl (C=O) groups excluding carboxylic acids is 1. The van der Waals surface area contributed by atoms with Gasteiger partial charge < -0.3 is 4.74 Å². The molecule has 0 fully saturated rings. The predicted octanol–water partition coefficient (Wildman–Crippen LogP) is 3.69. The molecule has 1 rings (SSSR count). The second kappa shape index (κ2) is 7.64. The summed E-state index contributed by atoms with van der Waals surface area (Å²) in [7, 11) is 0. The van der Waals surface area contributed by atoms with Crippen LogP contribution >= 0.6 is 34.8 Å². The van der Waals surface area contributed by atoms with Crippen molar-refractivity contribution >= 4 is 46.6 Å². The van der Waals surface area contributed by atoms with Crippen molar-refractivity contribution < 1.29 is 9.53 Å². The van der Waals surface area contributed by atoms with E-state index in [1.54, 1.807) is 24.3 Å². The highest BCUT2D eigenvalue weighted by Gasteiger charge is 2.21. The zero-order chi connectivity index (χ0) is 12.7. The molecule has 94 valence electrons. The molecular weight excluding hydrogens is 284 g/mol. The van der Waals surface area contributed by atoms with Crippen LogP contribution in [-0.4, -0.2) is 29.3 Å². The molecule has 0 bridgehead atoms. The molecule has 17 heavy (non-hydrogen) atoms. The molecule has 0 heterocycles. The van der Waals surface area contributed by atoms with Gasteiger partial charge in [-0.2, -0.15) is 0 Å². The van der Waals surface area contributed by atoms with Crippen molar-refractivity contribution in [2.45, 2.75) is 11.5 Å². The van der Waals surface area contributed by atoms with Crippen molar-refractivity contribution in [3.63, 3.8) is 0 Å². The zero-order valence-corrected chi connectivity index (χ0v) is 11.2. The molecule has 1 aromatic carbocycles. The summed E-state index contributed by atoms with van der Waals surface area (Å²) in [6.07, 6.45) is -1.21. The molecule has 2 atom stereocenters. The number of carbonyl (C=O) groups is 1. The molecule has 0 unspecified atom stereocenters. The van der Waals surface area contributed by atoms with Crippen LogP contribution in [0, 0.1) is 0 Å². The molecule has 0 saturated carbocycles. The number of alkyl halides is 3. The Balaban J connectivity index is 2.48. The van der Waals surface area contributed by atoms with Gasteiger partial charge in [-0.3, -0.25) is 5.32 Å². The summed E-state index contributed by atoms with van der Waals surface area (Å²) in [4.78, 5) is 11.5. The highest BCUT2D eigenvalue weighted by molar-refractivity contribution is 6.29. The van der Waals surface area contributed by atoms with E-state index in [0.717, 1.165) is 0 Å². The van der Waals surface area contributed by atoms with Gasteiger partial charge in [0, 0.05) is 11.6 Å². The number of hydrogen-bond acceptors (Lipinski definition) is 2. The van der Waals surface area contributed by atoms with E-state index in [1.165, 1.54) is 0 Å². The quantitative estimate of drug-likeness (QED) is 0.842. The number of para-hydroxylation sites is 1. The third kappa shape index (κ3) is 5.02. The fourth-order valence-electron chi connectivity index (χ4n) is 1.11. The molecule has 3 nitrogen and oxygen atoms in total. The van der Waals surface area contributed by atoms with E-state index in [2.05, 4.69) is 5.32 Å². The summed E-state index contributed by atoms with van der Waals surface area (Å²) >= 11 is 17.1. The number of amides is 1. The Kier molecular flexibility index (Phi) is 6.48. The van der Waals surface area contributed by atoms with Gasteiger partial charge in [0.1, 0.15) is 6.10 Å². The first-order chi connectivity index (χ1) is 8.17. The van der Waals surface area contributed by atoms with Crippen LogP contribution in [0.3, 0.4) is 0 Å². The minimum Gasteiger partial charge on any atom is -0.443 e. The lowest BCUT2D eigenvalue weighted by atomic mass is 10.3. The van der Waals surface area contributed by atoms with Gasteiger partial charge >= 0.3 is 6.09 Å². The van der Waals surface area contributed by atoms with Crippen molar-refractivity contribution in [2.24, 2.45) is 0 Å². The van der Waals surface area contributed by atoms with Gasteiger partial charge in [0.05, 0.1) is 11.3 Å². The molecule has 0 aliphatic carbocycles. The van der Waals surface area contributed by atoms with Crippen molar-refractivity contribution in [1.82, 2.24) is 0 Å². The van der Waals surface area contributed by atoms with Gasteiger partial charge in [-0.25, -0.2) is 4.79 Å². The maximum absolute atomic E-state index is 11.5. The van der Waals surface area contributed by atoms with Crippen LogP contribution in [0.4, 0.5) is 10.5 Å². The molecule has 6 heteroatoms. The van der Waals surface area contributed by atoms with E-state index in [1.807, 2.05) is 6.07 Å². The largest absolute Gasteiger partial charge is 0.443 e. The summed E-state index contributed by atoms with van der Waals surface area (Å²) in [6, 6.07) is 8.95. The summed E-state index contributed by atoms with van der Waals surface area (Å²) in [6.45, 7) is 0. The van der Waals surface area contributed by atoms with Crippen LogP contribution < -0.4 is 5.32 Å². The van der Waals surface area contributed by atoms with E-state index in [0.29, 0.717) is 5.69 Å². The Hall–Kier alpha value is -0.640. The van der Waals surface area contributed by atoms with Crippen molar-refractivity contribution in [1.29, 1.82) is 0 Å². The fraction of sp³-hybridized carbons (Fsp3) is 0.364. The third-order valence-electron chi connectivity index (χ3n) is 1.98. The highest BCUT2D eigenvalue weighted by atomic mass is 35.5. The van der Waals surface area contributed by atoms with Crippen LogP contribution in [0.1, 0.15) is 0 Å². The summed E-state index contributed by atoms with van der Waals surface area (Å²) in [5.41, 5.74) is 0.641. The second-order valence-electron chi connectivity index (χ2n) is 3.26. The lowest BCUT2D eigenvalue weighted by Crippen LogP contribution is -2.32.